The highest BCUT2D eigenvalue weighted by molar-refractivity contribution is 14.1. The normalized spacial score (nSPS) is 10.5. The van der Waals surface area contributed by atoms with E-state index in [0.29, 0.717) is 11.1 Å². The molecular weight excluding hydrogens is 377 g/mol. The fourth-order valence-corrected chi connectivity index (χ4v) is 2.67. The van der Waals surface area contributed by atoms with Crippen molar-refractivity contribution in [3.63, 3.8) is 0 Å². The summed E-state index contributed by atoms with van der Waals surface area (Å²) in [5.41, 5.74) is 1.87. The number of nitrogens with zero attached hydrogens (tertiary/aromatic N) is 2. The summed E-state index contributed by atoms with van der Waals surface area (Å²) >= 11 is 3.46. The maximum Gasteiger partial charge on any atom is 0.277 e. The summed E-state index contributed by atoms with van der Waals surface area (Å²) in [4.78, 5) is 11.8. The van der Waals surface area contributed by atoms with E-state index in [-0.39, 0.29) is 11.7 Å². The molecule has 100 valence electrons. The van der Waals surface area contributed by atoms with Gasteiger partial charge in [-0.05, 0) is 53.3 Å². The van der Waals surface area contributed by atoms with Crippen LogP contribution in [0.1, 0.15) is 11.5 Å². The van der Waals surface area contributed by atoms with Crippen LogP contribution in [0.25, 0.3) is 0 Å². The first-order valence-corrected chi connectivity index (χ1v) is 7.60. The van der Waals surface area contributed by atoms with Crippen molar-refractivity contribution >= 4 is 45.9 Å². The minimum atomic E-state index is -0.0924. The highest BCUT2D eigenvalue weighted by Gasteiger charge is 2.09. The molecule has 0 fully saturated rings. The highest BCUT2D eigenvalue weighted by Crippen LogP contribution is 2.19. The van der Waals surface area contributed by atoms with Gasteiger partial charge < -0.3 is 9.73 Å². The predicted molar refractivity (Wildman–Crippen MR) is 82.3 cm³/mol. The minimum Gasteiger partial charge on any atom is -0.416 e. The van der Waals surface area contributed by atoms with Crippen LogP contribution in [0, 0.1) is 17.4 Å². The van der Waals surface area contributed by atoms with E-state index in [9.17, 15) is 4.79 Å². The number of aromatic nitrogens is 2. The van der Waals surface area contributed by atoms with Crippen molar-refractivity contribution in [1.29, 1.82) is 0 Å². The lowest BCUT2D eigenvalue weighted by Gasteiger charge is -2.07. The lowest BCUT2D eigenvalue weighted by Crippen LogP contribution is -2.14. The summed E-state index contributed by atoms with van der Waals surface area (Å²) in [6.45, 7) is 3.68. The molecule has 0 atom stereocenters. The van der Waals surface area contributed by atoms with Gasteiger partial charge in [0.25, 0.3) is 5.22 Å². The van der Waals surface area contributed by atoms with Crippen LogP contribution in [-0.2, 0) is 4.79 Å². The van der Waals surface area contributed by atoms with Crippen LogP contribution in [0.15, 0.2) is 27.8 Å². The Hall–Kier alpha value is -1.09. The van der Waals surface area contributed by atoms with Gasteiger partial charge in [0, 0.05) is 16.2 Å². The summed E-state index contributed by atoms with van der Waals surface area (Å²) in [5.74, 6) is 0.647. The van der Waals surface area contributed by atoms with Gasteiger partial charge >= 0.3 is 0 Å². The molecule has 7 heteroatoms. The Kier molecular flexibility index (Phi) is 4.81. The second-order valence-electron chi connectivity index (χ2n) is 3.88. The molecule has 2 rings (SSSR count). The van der Waals surface area contributed by atoms with Crippen LogP contribution in [0.4, 0.5) is 5.69 Å². The molecular formula is C12H12IN3O2S. The molecule has 0 radical (unpaired) electrons. The quantitative estimate of drug-likeness (QED) is 0.643. The van der Waals surface area contributed by atoms with E-state index in [2.05, 4.69) is 38.1 Å². The zero-order valence-corrected chi connectivity index (χ0v) is 13.4. The molecule has 0 saturated heterocycles. The topological polar surface area (TPSA) is 68.0 Å². The molecule has 0 spiro atoms. The van der Waals surface area contributed by atoms with Crippen molar-refractivity contribution in [2.75, 3.05) is 11.1 Å². The van der Waals surface area contributed by atoms with Gasteiger partial charge in [-0.1, -0.05) is 11.8 Å². The molecule has 1 aromatic carbocycles. The summed E-state index contributed by atoms with van der Waals surface area (Å²) in [5, 5.41) is 10.8. The largest absolute Gasteiger partial charge is 0.416 e. The standard InChI is InChI=1S/C12H12IN3O2S/c1-7-5-9(13)3-4-10(7)14-11(17)6-19-12-16-15-8(2)18-12/h3-5H,6H2,1-2H3,(H,14,17). The molecule has 0 aliphatic carbocycles. The van der Waals surface area contributed by atoms with Crippen LogP contribution < -0.4 is 5.32 Å². The number of rotatable bonds is 4. The molecule has 0 aliphatic rings. The number of thioether (sulfide) groups is 1. The first-order valence-electron chi connectivity index (χ1n) is 5.53. The zero-order chi connectivity index (χ0) is 13.8. The molecule has 0 aliphatic heterocycles. The molecule has 0 saturated carbocycles. The van der Waals surface area contributed by atoms with Crippen LogP contribution in [0.5, 0.6) is 0 Å². The van der Waals surface area contributed by atoms with E-state index in [1.807, 2.05) is 25.1 Å². The van der Waals surface area contributed by atoms with Crippen molar-refractivity contribution in [1.82, 2.24) is 10.2 Å². The molecule has 5 nitrogen and oxygen atoms in total. The molecule has 0 bridgehead atoms. The first kappa shape index (κ1) is 14.3. The first-order chi connectivity index (χ1) is 9.04. The Balaban J connectivity index is 1.90. The number of halogens is 1. The maximum atomic E-state index is 11.8. The summed E-state index contributed by atoms with van der Waals surface area (Å²) < 4.78 is 6.33. The Labute approximate surface area is 128 Å². The molecule has 1 aromatic heterocycles. The fraction of sp³-hybridized carbons (Fsp3) is 0.250. The third kappa shape index (κ3) is 4.20. The van der Waals surface area contributed by atoms with Gasteiger partial charge in [-0.2, -0.15) is 0 Å². The van der Waals surface area contributed by atoms with Crippen molar-refractivity contribution in [3.05, 3.63) is 33.2 Å². The van der Waals surface area contributed by atoms with Crippen LogP contribution in [-0.4, -0.2) is 21.9 Å². The third-order valence-corrected chi connectivity index (χ3v) is 3.79. The number of anilines is 1. The van der Waals surface area contributed by atoms with Crippen molar-refractivity contribution in [2.45, 2.75) is 19.1 Å². The number of nitrogens with one attached hydrogen (secondary N) is 1. The predicted octanol–water partition coefficient (Wildman–Crippen LogP) is 3.02. The van der Waals surface area contributed by atoms with Gasteiger partial charge in [-0.25, -0.2) is 0 Å². The molecule has 2 aromatic rings. The van der Waals surface area contributed by atoms with Gasteiger partial charge in [0.2, 0.25) is 11.8 Å². The van der Waals surface area contributed by atoms with Gasteiger partial charge in [-0.3, -0.25) is 4.79 Å². The molecule has 1 heterocycles. The Morgan fingerprint density at radius 1 is 1.42 bits per heavy atom. The SMILES string of the molecule is Cc1nnc(SCC(=O)Nc2ccc(I)cc2C)o1. The minimum absolute atomic E-state index is 0.0924. The highest BCUT2D eigenvalue weighted by atomic mass is 127. The van der Waals surface area contributed by atoms with Crippen LogP contribution in [0.2, 0.25) is 0 Å². The lowest BCUT2D eigenvalue weighted by atomic mass is 10.2. The Bertz CT molecular complexity index is 600. The van der Waals surface area contributed by atoms with E-state index < -0.39 is 0 Å². The Morgan fingerprint density at radius 2 is 2.21 bits per heavy atom. The number of carbonyl (C=O) groups excluding carboxylic acids is 1. The third-order valence-electron chi connectivity index (χ3n) is 2.30. The van der Waals surface area contributed by atoms with E-state index >= 15 is 0 Å². The van der Waals surface area contributed by atoms with Gasteiger partial charge in [0.1, 0.15) is 0 Å². The van der Waals surface area contributed by atoms with Crippen LogP contribution in [0.3, 0.4) is 0 Å². The number of benzene rings is 1. The van der Waals surface area contributed by atoms with Gasteiger partial charge in [0.05, 0.1) is 5.75 Å². The van der Waals surface area contributed by atoms with Gasteiger partial charge in [-0.15, -0.1) is 10.2 Å². The second kappa shape index (κ2) is 6.38. The summed E-state index contributed by atoms with van der Waals surface area (Å²) in [6, 6.07) is 5.87. The average Bonchev–Trinajstić information content (AvgIpc) is 2.76. The number of carbonyl (C=O) groups is 1. The maximum absolute atomic E-state index is 11.8. The van der Waals surface area contributed by atoms with Crippen molar-refractivity contribution in [3.8, 4) is 0 Å². The average molecular weight is 389 g/mol. The fourth-order valence-electron chi connectivity index (χ4n) is 1.42. The molecule has 0 unspecified atom stereocenters. The monoisotopic (exact) mass is 389 g/mol. The second-order valence-corrected chi connectivity index (χ2v) is 6.06. The lowest BCUT2D eigenvalue weighted by molar-refractivity contribution is -0.113. The number of hydrogen-bond donors (Lipinski definition) is 1. The smallest absolute Gasteiger partial charge is 0.277 e. The van der Waals surface area contributed by atoms with Crippen molar-refractivity contribution < 1.29 is 9.21 Å². The van der Waals surface area contributed by atoms with Crippen LogP contribution >= 0.6 is 34.4 Å². The van der Waals surface area contributed by atoms with E-state index in [1.54, 1.807) is 6.92 Å². The molecule has 19 heavy (non-hydrogen) atoms. The van der Waals surface area contributed by atoms with E-state index in [1.165, 1.54) is 11.8 Å². The summed E-state index contributed by atoms with van der Waals surface area (Å²) in [6.07, 6.45) is 0. The summed E-state index contributed by atoms with van der Waals surface area (Å²) in [7, 11) is 0. The van der Waals surface area contributed by atoms with Gasteiger partial charge in [0.15, 0.2) is 0 Å². The van der Waals surface area contributed by atoms with E-state index in [0.717, 1.165) is 14.8 Å². The van der Waals surface area contributed by atoms with Crippen molar-refractivity contribution in [2.24, 2.45) is 0 Å². The molecule has 1 N–H and O–H groups in total. The number of amides is 1. The Morgan fingerprint density at radius 3 is 2.84 bits per heavy atom. The zero-order valence-electron chi connectivity index (χ0n) is 10.4. The number of hydrogen-bond acceptors (Lipinski definition) is 5. The van der Waals surface area contributed by atoms with E-state index in [4.69, 9.17) is 4.42 Å². The number of aryl methyl sites for hydroxylation is 2. The molecule has 1 amide bonds.